The third kappa shape index (κ3) is 1.88. The van der Waals surface area contributed by atoms with Crippen LogP contribution in [0.15, 0.2) is 0 Å². The van der Waals surface area contributed by atoms with Gasteiger partial charge in [-0.05, 0) is 25.7 Å². The minimum absolute atomic E-state index is 0.120. The molecular formula is C10H13NOS. The molecule has 0 aromatic carbocycles. The Morgan fingerprint density at radius 2 is 2.00 bits per heavy atom. The lowest BCUT2D eigenvalue weighted by Crippen LogP contribution is -2.24. The Morgan fingerprint density at radius 1 is 1.38 bits per heavy atom. The quantitative estimate of drug-likeness (QED) is 0.678. The average molecular weight is 195 g/mol. The summed E-state index contributed by atoms with van der Waals surface area (Å²) in [5, 5.41) is 9.87. The van der Waals surface area contributed by atoms with Crippen molar-refractivity contribution in [3.8, 4) is 6.07 Å². The van der Waals surface area contributed by atoms with Crippen molar-refractivity contribution in [2.45, 2.75) is 42.6 Å². The first-order valence-electron chi connectivity index (χ1n) is 4.84. The molecule has 2 aliphatic rings. The molecule has 0 aromatic heterocycles. The van der Waals surface area contributed by atoms with Crippen LogP contribution in [0, 0.1) is 17.2 Å². The lowest BCUT2D eigenvalue weighted by atomic mass is 9.93. The van der Waals surface area contributed by atoms with Gasteiger partial charge in [0, 0.05) is 16.4 Å². The van der Waals surface area contributed by atoms with Gasteiger partial charge in [-0.1, -0.05) is 0 Å². The van der Waals surface area contributed by atoms with Gasteiger partial charge in [0.2, 0.25) is 0 Å². The molecule has 2 rings (SSSR count). The third-order valence-corrected chi connectivity index (χ3v) is 4.63. The second kappa shape index (κ2) is 3.71. The minimum Gasteiger partial charge on any atom is -0.298 e. The molecule has 2 nitrogen and oxygen atoms in total. The standard InChI is InChI=1S/C10H13NOS/c11-4-3-10(12)7-5-8-1-2-9(6-7)13-8/h7-9H,1-3,5-6H2. The van der Waals surface area contributed by atoms with E-state index in [4.69, 9.17) is 5.26 Å². The van der Waals surface area contributed by atoms with Gasteiger partial charge in [0.15, 0.2) is 0 Å². The lowest BCUT2D eigenvalue weighted by Gasteiger charge is -2.25. The van der Waals surface area contributed by atoms with E-state index in [2.05, 4.69) is 11.8 Å². The molecule has 2 heterocycles. The summed E-state index contributed by atoms with van der Waals surface area (Å²) in [6, 6.07) is 1.96. The van der Waals surface area contributed by atoms with E-state index in [0.29, 0.717) is 10.5 Å². The van der Waals surface area contributed by atoms with Crippen LogP contribution in [0.3, 0.4) is 0 Å². The topological polar surface area (TPSA) is 40.9 Å². The molecule has 3 heteroatoms. The van der Waals surface area contributed by atoms with Crippen LogP contribution in [-0.2, 0) is 4.79 Å². The summed E-state index contributed by atoms with van der Waals surface area (Å²) in [6.45, 7) is 0. The maximum absolute atomic E-state index is 11.5. The summed E-state index contributed by atoms with van der Waals surface area (Å²) in [4.78, 5) is 11.5. The number of nitrogens with zero attached hydrogens (tertiary/aromatic N) is 1. The number of thioether (sulfide) groups is 1. The van der Waals surface area contributed by atoms with E-state index in [1.807, 2.05) is 6.07 Å². The van der Waals surface area contributed by atoms with Crippen molar-refractivity contribution in [3.05, 3.63) is 0 Å². The fraction of sp³-hybridized carbons (Fsp3) is 0.800. The van der Waals surface area contributed by atoms with Crippen molar-refractivity contribution in [2.75, 3.05) is 0 Å². The Bertz CT molecular complexity index is 246. The van der Waals surface area contributed by atoms with Gasteiger partial charge in [-0.25, -0.2) is 0 Å². The van der Waals surface area contributed by atoms with Crippen molar-refractivity contribution < 1.29 is 4.79 Å². The van der Waals surface area contributed by atoms with Gasteiger partial charge in [0.25, 0.3) is 0 Å². The van der Waals surface area contributed by atoms with Gasteiger partial charge >= 0.3 is 0 Å². The van der Waals surface area contributed by atoms with Crippen LogP contribution >= 0.6 is 11.8 Å². The molecule has 0 N–H and O–H groups in total. The monoisotopic (exact) mass is 195 g/mol. The summed E-state index contributed by atoms with van der Waals surface area (Å²) in [7, 11) is 0. The van der Waals surface area contributed by atoms with E-state index in [-0.39, 0.29) is 18.1 Å². The summed E-state index contributed by atoms with van der Waals surface area (Å²) in [5.41, 5.74) is 0. The molecule has 0 aromatic rings. The summed E-state index contributed by atoms with van der Waals surface area (Å²) < 4.78 is 0. The highest BCUT2D eigenvalue weighted by atomic mass is 32.2. The minimum atomic E-state index is 0.120. The van der Waals surface area contributed by atoms with Gasteiger partial charge < -0.3 is 0 Å². The number of Topliss-reactive ketones (excluding diaryl/α,β-unsaturated/α-hetero) is 1. The molecule has 0 amide bonds. The number of carbonyl (C=O) groups excluding carboxylic acids is 1. The summed E-state index contributed by atoms with van der Waals surface area (Å²) in [6.07, 6.45) is 4.75. The molecule has 0 saturated carbocycles. The highest BCUT2D eigenvalue weighted by Gasteiger charge is 2.37. The first-order chi connectivity index (χ1) is 6.29. The zero-order valence-corrected chi connectivity index (χ0v) is 8.35. The fourth-order valence-electron chi connectivity index (χ4n) is 2.34. The molecule has 2 unspecified atom stereocenters. The maximum Gasteiger partial charge on any atom is 0.150 e. The second-order valence-electron chi connectivity index (χ2n) is 3.93. The van der Waals surface area contributed by atoms with Crippen molar-refractivity contribution in [1.29, 1.82) is 5.26 Å². The average Bonchev–Trinajstić information content (AvgIpc) is 2.46. The molecular weight excluding hydrogens is 182 g/mol. The van der Waals surface area contributed by atoms with Gasteiger partial charge in [0.05, 0.1) is 12.5 Å². The predicted molar refractivity (Wildman–Crippen MR) is 52.4 cm³/mol. The Labute approximate surface area is 82.7 Å². The van der Waals surface area contributed by atoms with Gasteiger partial charge in [-0.15, -0.1) is 0 Å². The van der Waals surface area contributed by atoms with Crippen molar-refractivity contribution in [3.63, 3.8) is 0 Å². The Balaban J connectivity index is 1.95. The highest BCUT2D eigenvalue weighted by Crippen LogP contribution is 2.46. The van der Waals surface area contributed by atoms with Crippen LogP contribution in [0.4, 0.5) is 0 Å². The number of hydrogen-bond acceptors (Lipinski definition) is 3. The molecule has 0 radical (unpaired) electrons. The Morgan fingerprint density at radius 3 is 2.54 bits per heavy atom. The molecule has 70 valence electrons. The van der Waals surface area contributed by atoms with Crippen LogP contribution in [0.25, 0.3) is 0 Å². The van der Waals surface area contributed by atoms with E-state index in [0.717, 1.165) is 12.8 Å². The highest BCUT2D eigenvalue weighted by molar-refractivity contribution is 8.00. The first-order valence-corrected chi connectivity index (χ1v) is 5.79. The number of hydrogen-bond donors (Lipinski definition) is 0. The molecule has 0 aliphatic carbocycles. The van der Waals surface area contributed by atoms with Crippen LogP contribution in [0.5, 0.6) is 0 Å². The third-order valence-electron chi connectivity index (χ3n) is 3.00. The van der Waals surface area contributed by atoms with Crippen LogP contribution in [0.2, 0.25) is 0 Å². The van der Waals surface area contributed by atoms with E-state index >= 15 is 0 Å². The Kier molecular flexibility index (Phi) is 2.59. The molecule has 0 spiro atoms. The molecule has 2 bridgehead atoms. The van der Waals surface area contributed by atoms with E-state index in [1.54, 1.807) is 0 Å². The number of nitriles is 1. The second-order valence-corrected chi connectivity index (χ2v) is 5.53. The summed E-state index contributed by atoms with van der Waals surface area (Å²) >= 11 is 2.06. The SMILES string of the molecule is N#CCC(=O)C1CC2CCC(C1)S2. The Hall–Kier alpha value is -0.490. The number of carbonyl (C=O) groups is 1. The molecule has 2 fully saturated rings. The number of rotatable bonds is 2. The smallest absolute Gasteiger partial charge is 0.150 e. The van der Waals surface area contributed by atoms with E-state index < -0.39 is 0 Å². The molecule has 2 aliphatic heterocycles. The fourth-order valence-corrected chi connectivity index (χ4v) is 4.12. The number of fused-ring (bicyclic) bond motifs is 2. The summed E-state index contributed by atoms with van der Waals surface area (Å²) in [5.74, 6) is 0.387. The largest absolute Gasteiger partial charge is 0.298 e. The number of ketones is 1. The first kappa shape index (κ1) is 9.08. The molecule has 13 heavy (non-hydrogen) atoms. The van der Waals surface area contributed by atoms with Gasteiger partial charge in [-0.2, -0.15) is 17.0 Å². The van der Waals surface area contributed by atoms with Crippen molar-refractivity contribution in [2.24, 2.45) is 5.92 Å². The van der Waals surface area contributed by atoms with Crippen molar-refractivity contribution in [1.82, 2.24) is 0 Å². The zero-order chi connectivity index (χ0) is 9.26. The van der Waals surface area contributed by atoms with Gasteiger partial charge in [0.1, 0.15) is 5.78 Å². The maximum atomic E-state index is 11.5. The lowest BCUT2D eigenvalue weighted by molar-refractivity contribution is -0.122. The van der Waals surface area contributed by atoms with Crippen LogP contribution < -0.4 is 0 Å². The van der Waals surface area contributed by atoms with E-state index in [9.17, 15) is 4.79 Å². The van der Waals surface area contributed by atoms with Crippen LogP contribution in [-0.4, -0.2) is 16.3 Å². The predicted octanol–water partition coefficient (Wildman–Crippen LogP) is 2.14. The van der Waals surface area contributed by atoms with Crippen LogP contribution in [0.1, 0.15) is 32.1 Å². The molecule has 2 atom stereocenters. The molecule has 2 saturated heterocycles. The zero-order valence-electron chi connectivity index (χ0n) is 7.53. The van der Waals surface area contributed by atoms with Crippen molar-refractivity contribution >= 4 is 17.5 Å². The normalized spacial score (nSPS) is 37.0. The van der Waals surface area contributed by atoms with Gasteiger partial charge in [-0.3, -0.25) is 4.79 Å². The van der Waals surface area contributed by atoms with E-state index in [1.165, 1.54) is 12.8 Å².